The first-order valence-electron chi connectivity index (χ1n) is 5.30. The number of nitrogens with zero attached hydrogens (tertiary/aromatic N) is 2. The summed E-state index contributed by atoms with van der Waals surface area (Å²) in [5.74, 6) is 0.595. The van der Waals surface area contributed by atoms with Crippen molar-refractivity contribution in [1.29, 1.82) is 0 Å². The van der Waals surface area contributed by atoms with Crippen LogP contribution in [-0.2, 0) is 0 Å². The lowest BCUT2D eigenvalue weighted by molar-refractivity contribution is 0.399. The van der Waals surface area contributed by atoms with Gasteiger partial charge in [-0.3, -0.25) is 0 Å². The third-order valence-corrected chi connectivity index (χ3v) is 2.67. The fraction of sp³-hybridized carbons (Fsp3) is 0.231. The first kappa shape index (κ1) is 11.4. The number of aryl methyl sites for hydroxylation is 2. The second-order valence-electron chi connectivity index (χ2n) is 3.82. The molecule has 0 aliphatic rings. The summed E-state index contributed by atoms with van der Waals surface area (Å²) >= 11 is 0. The lowest BCUT2D eigenvalue weighted by Gasteiger charge is -2.10. The van der Waals surface area contributed by atoms with Gasteiger partial charge in [-0.1, -0.05) is 0 Å². The van der Waals surface area contributed by atoms with Gasteiger partial charge in [0.15, 0.2) is 0 Å². The molecule has 0 unspecified atom stereocenters. The van der Waals surface area contributed by atoms with Crippen LogP contribution in [0.25, 0.3) is 11.3 Å². The summed E-state index contributed by atoms with van der Waals surface area (Å²) in [5.41, 5.74) is 3.02. The predicted octanol–water partition coefficient (Wildman–Crippen LogP) is 2.47. The second-order valence-corrected chi connectivity index (χ2v) is 3.82. The summed E-state index contributed by atoms with van der Waals surface area (Å²) in [6.07, 6.45) is 1.64. The Bertz CT molecular complexity index is 553. The van der Waals surface area contributed by atoms with Crippen LogP contribution in [-0.4, -0.2) is 22.2 Å². The third kappa shape index (κ3) is 2.06. The number of rotatable bonds is 2. The highest BCUT2D eigenvalue weighted by Gasteiger charge is 2.13. The van der Waals surface area contributed by atoms with Crippen molar-refractivity contribution >= 4 is 0 Å². The molecule has 0 saturated carbocycles. The quantitative estimate of drug-likeness (QED) is 0.861. The van der Waals surface area contributed by atoms with E-state index >= 15 is 0 Å². The highest BCUT2D eigenvalue weighted by Crippen LogP contribution is 2.33. The smallest absolute Gasteiger partial charge is 0.222 e. The van der Waals surface area contributed by atoms with E-state index in [1.165, 1.54) is 0 Å². The Morgan fingerprint density at radius 1 is 1.29 bits per heavy atom. The van der Waals surface area contributed by atoms with Gasteiger partial charge < -0.3 is 9.84 Å². The first-order valence-corrected chi connectivity index (χ1v) is 5.30. The van der Waals surface area contributed by atoms with Gasteiger partial charge in [0.05, 0.1) is 12.7 Å². The van der Waals surface area contributed by atoms with Crippen molar-refractivity contribution in [3.8, 4) is 22.9 Å². The van der Waals surface area contributed by atoms with E-state index in [-0.39, 0.29) is 5.75 Å². The molecule has 0 amide bonds. The largest absolute Gasteiger partial charge is 0.506 e. The Morgan fingerprint density at radius 3 is 2.76 bits per heavy atom. The summed E-state index contributed by atoms with van der Waals surface area (Å²) in [4.78, 5) is 8.47. The summed E-state index contributed by atoms with van der Waals surface area (Å²) in [7, 11) is 1.55. The number of hydrogen-bond acceptors (Lipinski definition) is 4. The number of hydrogen-bond donors (Lipinski definition) is 1. The minimum Gasteiger partial charge on any atom is -0.506 e. The average molecular weight is 230 g/mol. The predicted molar refractivity (Wildman–Crippen MR) is 65.2 cm³/mol. The van der Waals surface area contributed by atoms with E-state index in [2.05, 4.69) is 9.97 Å². The van der Waals surface area contributed by atoms with Crippen LogP contribution >= 0.6 is 0 Å². The molecule has 4 nitrogen and oxygen atoms in total. The summed E-state index contributed by atoms with van der Waals surface area (Å²) < 4.78 is 5.16. The Labute approximate surface area is 99.9 Å². The fourth-order valence-corrected chi connectivity index (χ4v) is 1.62. The molecular weight excluding hydrogens is 216 g/mol. The van der Waals surface area contributed by atoms with Crippen LogP contribution in [0.5, 0.6) is 11.6 Å². The van der Waals surface area contributed by atoms with Gasteiger partial charge in [-0.2, -0.15) is 0 Å². The minimum absolute atomic E-state index is 0.138. The zero-order valence-electron chi connectivity index (χ0n) is 10.1. The minimum atomic E-state index is 0.138. The molecule has 0 aliphatic heterocycles. The molecule has 1 N–H and O–H groups in total. The average Bonchev–Trinajstić information content (AvgIpc) is 2.34. The first-order chi connectivity index (χ1) is 8.13. The van der Waals surface area contributed by atoms with E-state index in [9.17, 15) is 5.11 Å². The molecule has 0 saturated heterocycles. The van der Waals surface area contributed by atoms with Crippen LogP contribution in [0.2, 0.25) is 0 Å². The van der Waals surface area contributed by atoms with Crippen LogP contribution < -0.4 is 4.74 Å². The van der Waals surface area contributed by atoms with E-state index in [0.717, 1.165) is 11.3 Å². The van der Waals surface area contributed by atoms with Crippen LogP contribution in [0.4, 0.5) is 0 Å². The Hall–Kier alpha value is -2.10. The lowest BCUT2D eigenvalue weighted by atomic mass is 10.1. The number of ether oxygens (including phenoxy) is 1. The molecule has 0 atom stereocenters. The number of pyridine rings is 2. The molecule has 2 aromatic heterocycles. The van der Waals surface area contributed by atoms with E-state index in [4.69, 9.17) is 4.74 Å². The van der Waals surface area contributed by atoms with Crippen molar-refractivity contribution in [1.82, 2.24) is 9.97 Å². The lowest BCUT2D eigenvalue weighted by Crippen LogP contribution is -1.95. The molecule has 0 spiro atoms. The van der Waals surface area contributed by atoms with E-state index in [0.29, 0.717) is 17.1 Å². The molecule has 2 heterocycles. The topological polar surface area (TPSA) is 55.2 Å². The maximum absolute atomic E-state index is 9.94. The third-order valence-electron chi connectivity index (χ3n) is 2.67. The van der Waals surface area contributed by atoms with E-state index in [1.807, 2.05) is 19.9 Å². The maximum atomic E-state index is 9.94. The van der Waals surface area contributed by atoms with Crippen molar-refractivity contribution in [2.45, 2.75) is 13.8 Å². The van der Waals surface area contributed by atoms with Crippen LogP contribution in [0.3, 0.4) is 0 Å². The van der Waals surface area contributed by atoms with Gasteiger partial charge >= 0.3 is 0 Å². The van der Waals surface area contributed by atoms with Crippen LogP contribution in [0.15, 0.2) is 24.4 Å². The molecule has 0 fully saturated rings. The maximum Gasteiger partial charge on any atom is 0.222 e. The van der Waals surface area contributed by atoms with Gasteiger partial charge in [0.2, 0.25) is 5.88 Å². The Kier molecular flexibility index (Phi) is 2.95. The van der Waals surface area contributed by atoms with Crippen LogP contribution in [0.1, 0.15) is 11.3 Å². The molecule has 0 bridgehead atoms. The van der Waals surface area contributed by atoms with E-state index < -0.39 is 0 Å². The normalized spacial score (nSPS) is 10.3. The van der Waals surface area contributed by atoms with Gasteiger partial charge in [-0.15, -0.1) is 0 Å². The summed E-state index contributed by atoms with van der Waals surface area (Å²) in [6.45, 7) is 3.81. The van der Waals surface area contributed by atoms with Crippen LogP contribution in [0, 0.1) is 13.8 Å². The standard InChI is InChI=1S/C13H14N2O2/c1-8-7-11(16)12(15-9(8)2)10-5-4-6-14-13(10)17-3/h4-7,16H,1-3H3. The Morgan fingerprint density at radius 2 is 2.06 bits per heavy atom. The molecule has 0 aromatic carbocycles. The molecule has 17 heavy (non-hydrogen) atoms. The monoisotopic (exact) mass is 230 g/mol. The van der Waals surface area contributed by atoms with E-state index in [1.54, 1.807) is 25.4 Å². The van der Waals surface area contributed by atoms with Crippen molar-refractivity contribution in [3.05, 3.63) is 35.7 Å². The molecule has 88 valence electrons. The summed E-state index contributed by atoms with van der Waals surface area (Å²) in [6, 6.07) is 5.31. The van der Waals surface area contributed by atoms with Crippen molar-refractivity contribution in [2.24, 2.45) is 0 Å². The van der Waals surface area contributed by atoms with Gasteiger partial charge in [0.25, 0.3) is 0 Å². The molecule has 4 heteroatoms. The number of aromatic hydroxyl groups is 1. The molecule has 2 aromatic rings. The van der Waals surface area contributed by atoms with Crippen molar-refractivity contribution in [2.75, 3.05) is 7.11 Å². The zero-order chi connectivity index (χ0) is 12.4. The molecule has 2 rings (SSSR count). The highest BCUT2D eigenvalue weighted by molar-refractivity contribution is 5.70. The highest BCUT2D eigenvalue weighted by atomic mass is 16.5. The second kappa shape index (κ2) is 4.41. The number of aromatic nitrogens is 2. The SMILES string of the molecule is COc1ncccc1-c1nc(C)c(C)cc1O. The summed E-state index contributed by atoms with van der Waals surface area (Å²) in [5, 5.41) is 9.94. The van der Waals surface area contributed by atoms with Crippen molar-refractivity contribution < 1.29 is 9.84 Å². The zero-order valence-corrected chi connectivity index (χ0v) is 10.1. The van der Waals surface area contributed by atoms with Gasteiger partial charge in [0.1, 0.15) is 11.4 Å². The van der Waals surface area contributed by atoms with Gasteiger partial charge in [-0.05, 0) is 37.6 Å². The number of methoxy groups -OCH3 is 1. The molecule has 0 radical (unpaired) electrons. The molecular formula is C13H14N2O2. The van der Waals surface area contributed by atoms with Gasteiger partial charge in [-0.25, -0.2) is 9.97 Å². The Balaban J connectivity index is 2.64. The fourth-order valence-electron chi connectivity index (χ4n) is 1.62. The van der Waals surface area contributed by atoms with Crippen molar-refractivity contribution in [3.63, 3.8) is 0 Å². The van der Waals surface area contributed by atoms with Gasteiger partial charge in [0, 0.05) is 11.9 Å². The molecule has 0 aliphatic carbocycles.